The first-order valence-corrected chi connectivity index (χ1v) is 14.8. The Morgan fingerprint density at radius 3 is 2.03 bits per heavy atom. The van der Waals surface area contributed by atoms with Gasteiger partial charge in [-0.2, -0.15) is 0 Å². The van der Waals surface area contributed by atoms with Gasteiger partial charge in [-0.3, -0.25) is 19.5 Å². The average molecular weight is 497 g/mol. The van der Waals surface area contributed by atoms with Crippen LogP contribution >= 0.6 is 0 Å². The van der Waals surface area contributed by atoms with Crippen molar-refractivity contribution in [3.63, 3.8) is 0 Å². The molecule has 0 N–H and O–H groups in total. The molecule has 1 aromatic rings. The van der Waals surface area contributed by atoms with E-state index in [2.05, 4.69) is 45.8 Å². The van der Waals surface area contributed by atoms with Crippen LogP contribution in [-0.2, 0) is 4.79 Å². The lowest BCUT2D eigenvalue weighted by Crippen LogP contribution is -2.56. The van der Waals surface area contributed by atoms with E-state index in [4.69, 9.17) is 9.97 Å². The molecule has 4 heterocycles. The van der Waals surface area contributed by atoms with Crippen LogP contribution < -0.4 is 4.90 Å². The summed E-state index contributed by atoms with van der Waals surface area (Å²) in [7, 11) is 0. The Morgan fingerprint density at radius 2 is 1.47 bits per heavy atom. The minimum atomic E-state index is 0.145. The highest BCUT2D eigenvalue weighted by atomic mass is 16.1. The second-order valence-corrected chi connectivity index (χ2v) is 12.3. The first-order valence-electron chi connectivity index (χ1n) is 14.8. The summed E-state index contributed by atoms with van der Waals surface area (Å²) in [5, 5.41) is 0. The molecule has 7 nitrogen and oxygen atoms in total. The second kappa shape index (κ2) is 11.4. The summed E-state index contributed by atoms with van der Waals surface area (Å²) in [6, 6.07) is 2.51. The molecule has 0 radical (unpaired) electrons. The molecule has 0 amide bonds. The lowest BCUT2D eigenvalue weighted by molar-refractivity contribution is -0.123. The SMILES string of the molecule is CCC(C)N1CC2CCC(C1)N2c1ncc(C2CCC(N3CCN(CC(=O)C(C)C)CC3)CC2)cn1. The standard InChI is InChI=1S/C29H48N6O/c1-5-22(4)34-18-26-10-11-27(19-34)35(26)29-30-16-24(17-31-29)23-6-8-25(9-7-23)33-14-12-32(13-15-33)20-28(36)21(2)3/h16-17,21-23,25-27H,5-15,18-20H2,1-4H3. The Labute approximate surface area is 218 Å². The van der Waals surface area contributed by atoms with E-state index in [-0.39, 0.29) is 5.92 Å². The van der Waals surface area contributed by atoms with Gasteiger partial charge in [0.25, 0.3) is 0 Å². The fourth-order valence-electron chi connectivity index (χ4n) is 7.02. The summed E-state index contributed by atoms with van der Waals surface area (Å²) < 4.78 is 0. The van der Waals surface area contributed by atoms with E-state index in [0.717, 1.165) is 45.2 Å². The Balaban J connectivity index is 1.10. The van der Waals surface area contributed by atoms with E-state index in [1.54, 1.807) is 0 Å². The van der Waals surface area contributed by atoms with E-state index < -0.39 is 0 Å². The molecular formula is C29H48N6O. The van der Waals surface area contributed by atoms with Gasteiger partial charge in [0.05, 0.1) is 6.54 Å². The van der Waals surface area contributed by atoms with Gasteiger partial charge < -0.3 is 4.90 Å². The van der Waals surface area contributed by atoms with Gasteiger partial charge in [0.15, 0.2) is 0 Å². The summed E-state index contributed by atoms with van der Waals surface area (Å²) in [4.78, 5) is 32.2. The van der Waals surface area contributed by atoms with Crippen LogP contribution in [0.1, 0.15) is 84.1 Å². The van der Waals surface area contributed by atoms with Gasteiger partial charge in [0, 0.05) is 81.7 Å². The monoisotopic (exact) mass is 496 g/mol. The zero-order valence-electron chi connectivity index (χ0n) is 23.1. The first kappa shape index (κ1) is 26.1. The fourth-order valence-corrected chi connectivity index (χ4v) is 7.02. The van der Waals surface area contributed by atoms with Crippen molar-refractivity contribution in [3.8, 4) is 0 Å². The Kier molecular flexibility index (Phi) is 8.28. The van der Waals surface area contributed by atoms with Gasteiger partial charge in [0.2, 0.25) is 5.95 Å². The Bertz CT molecular complexity index is 845. The number of piperazine rings is 2. The molecule has 4 fully saturated rings. The zero-order valence-corrected chi connectivity index (χ0v) is 23.1. The van der Waals surface area contributed by atoms with Crippen molar-refractivity contribution in [1.29, 1.82) is 0 Å². The Morgan fingerprint density at radius 1 is 0.889 bits per heavy atom. The van der Waals surface area contributed by atoms with Crippen molar-refractivity contribution in [2.75, 3.05) is 50.7 Å². The fraction of sp³-hybridized carbons (Fsp3) is 0.828. The molecule has 3 aliphatic heterocycles. The lowest BCUT2D eigenvalue weighted by atomic mass is 9.82. The zero-order chi connectivity index (χ0) is 25.2. The van der Waals surface area contributed by atoms with Crippen LogP contribution in [0.25, 0.3) is 0 Å². The molecule has 5 rings (SSSR count). The first-order chi connectivity index (χ1) is 17.4. The largest absolute Gasteiger partial charge is 0.332 e. The minimum absolute atomic E-state index is 0.145. The molecule has 0 aromatic carbocycles. The molecule has 3 atom stereocenters. The average Bonchev–Trinajstić information content (AvgIpc) is 3.17. The summed E-state index contributed by atoms with van der Waals surface area (Å²) in [6.07, 6.45) is 13.0. The molecule has 3 saturated heterocycles. The van der Waals surface area contributed by atoms with E-state index in [0.29, 0.717) is 42.4 Å². The van der Waals surface area contributed by atoms with Crippen molar-refractivity contribution in [1.82, 2.24) is 24.7 Å². The number of carbonyl (C=O) groups is 1. The summed E-state index contributed by atoms with van der Waals surface area (Å²) in [6.45, 7) is 15.9. The van der Waals surface area contributed by atoms with Gasteiger partial charge in [-0.25, -0.2) is 9.97 Å². The normalized spacial score (nSPS) is 31.2. The predicted molar refractivity (Wildman–Crippen MR) is 146 cm³/mol. The van der Waals surface area contributed by atoms with Gasteiger partial charge >= 0.3 is 0 Å². The molecule has 0 spiro atoms. The third-order valence-corrected chi connectivity index (χ3v) is 9.73. The number of anilines is 1. The molecule has 1 aliphatic carbocycles. The summed E-state index contributed by atoms with van der Waals surface area (Å²) in [5.74, 6) is 2.07. The van der Waals surface area contributed by atoms with Crippen molar-refractivity contribution < 1.29 is 4.79 Å². The van der Waals surface area contributed by atoms with Crippen LogP contribution in [0, 0.1) is 5.92 Å². The van der Waals surface area contributed by atoms with Gasteiger partial charge in [0.1, 0.15) is 5.78 Å². The summed E-state index contributed by atoms with van der Waals surface area (Å²) in [5.41, 5.74) is 1.33. The maximum Gasteiger partial charge on any atom is 0.225 e. The molecule has 36 heavy (non-hydrogen) atoms. The van der Waals surface area contributed by atoms with Crippen molar-refractivity contribution >= 4 is 11.7 Å². The van der Waals surface area contributed by atoms with Crippen LogP contribution in [-0.4, -0.2) is 100 Å². The van der Waals surface area contributed by atoms with Crippen molar-refractivity contribution in [3.05, 3.63) is 18.0 Å². The number of carbonyl (C=O) groups excluding carboxylic acids is 1. The predicted octanol–water partition coefficient (Wildman–Crippen LogP) is 3.80. The van der Waals surface area contributed by atoms with E-state index >= 15 is 0 Å². The van der Waals surface area contributed by atoms with Crippen LogP contribution in [0.4, 0.5) is 5.95 Å². The Hall–Kier alpha value is -1.57. The number of Topliss-reactive ketones (excluding diaryl/α,β-unsaturated/α-hetero) is 1. The number of ketones is 1. The van der Waals surface area contributed by atoms with Gasteiger partial charge in [-0.05, 0) is 63.4 Å². The number of aromatic nitrogens is 2. The van der Waals surface area contributed by atoms with E-state index in [1.807, 2.05) is 13.8 Å². The summed E-state index contributed by atoms with van der Waals surface area (Å²) >= 11 is 0. The number of nitrogens with zero attached hydrogens (tertiary/aromatic N) is 6. The third-order valence-electron chi connectivity index (χ3n) is 9.73. The third kappa shape index (κ3) is 5.63. The molecule has 200 valence electrons. The number of hydrogen-bond donors (Lipinski definition) is 0. The minimum Gasteiger partial charge on any atom is -0.332 e. The maximum absolute atomic E-state index is 12.1. The number of fused-ring (bicyclic) bond motifs is 2. The van der Waals surface area contributed by atoms with Crippen LogP contribution in [0.5, 0.6) is 0 Å². The molecule has 2 bridgehead atoms. The highest BCUT2D eigenvalue weighted by molar-refractivity contribution is 5.82. The lowest BCUT2D eigenvalue weighted by Gasteiger charge is -2.43. The van der Waals surface area contributed by atoms with Crippen molar-refractivity contribution in [2.24, 2.45) is 5.92 Å². The molecule has 7 heteroatoms. The van der Waals surface area contributed by atoms with Crippen LogP contribution in [0.2, 0.25) is 0 Å². The van der Waals surface area contributed by atoms with E-state index in [1.165, 1.54) is 50.5 Å². The highest BCUT2D eigenvalue weighted by Crippen LogP contribution is 2.37. The number of hydrogen-bond acceptors (Lipinski definition) is 7. The van der Waals surface area contributed by atoms with Crippen LogP contribution in [0.3, 0.4) is 0 Å². The van der Waals surface area contributed by atoms with Gasteiger partial charge in [-0.1, -0.05) is 20.8 Å². The molecule has 3 unspecified atom stereocenters. The topological polar surface area (TPSA) is 55.8 Å². The number of rotatable bonds is 8. The van der Waals surface area contributed by atoms with Crippen molar-refractivity contribution in [2.45, 2.75) is 103 Å². The number of likely N-dealkylation sites (tertiary alicyclic amines) is 1. The van der Waals surface area contributed by atoms with Gasteiger partial charge in [-0.15, -0.1) is 0 Å². The highest BCUT2D eigenvalue weighted by Gasteiger charge is 2.42. The second-order valence-electron chi connectivity index (χ2n) is 12.3. The van der Waals surface area contributed by atoms with Crippen LogP contribution in [0.15, 0.2) is 12.4 Å². The molecule has 1 saturated carbocycles. The van der Waals surface area contributed by atoms with E-state index in [9.17, 15) is 4.79 Å². The maximum atomic E-state index is 12.1. The quantitative estimate of drug-likeness (QED) is 0.543. The molecular weight excluding hydrogens is 448 g/mol. The smallest absolute Gasteiger partial charge is 0.225 e. The molecule has 1 aromatic heterocycles. The molecule has 4 aliphatic rings.